The molecule has 0 rings (SSSR count). The highest BCUT2D eigenvalue weighted by molar-refractivity contribution is 14.1. The van der Waals surface area contributed by atoms with Crippen molar-refractivity contribution in [3.8, 4) is 0 Å². The second-order valence-electron chi connectivity index (χ2n) is 6.52. The van der Waals surface area contributed by atoms with Crippen LogP contribution in [0.5, 0.6) is 0 Å². The molecule has 1 N–H and O–H groups in total. The van der Waals surface area contributed by atoms with Crippen LogP contribution in [0.4, 0.5) is 0 Å². The molecule has 21 heavy (non-hydrogen) atoms. The summed E-state index contributed by atoms with van der Waals surface area (Å²) in [5.41, 5.74) is 0. The summed E-state index contributed by atoms with van der Waals surface area (Å²) >= 11 is 2.34. The molecule has 0 bridgehead atoms. The Bertz CT molecular complexity index is 184. The van der Waals surface area contributed by atoms with Crippen molar-refractivity contribution < 1.29 is 5.11 Å². The van der Waals surface area contributed by atoms with Gasteiger partial charge in [0.25, 0.3) is 0 Å². The normalized spacial score (nSPS) is 12.7. The highest BCUT2D eigenvalue weighted by Gasteiger charge is 2.01. The molecule has 0 unspecified atom stereocenters. The fourth-order valence-corrected chi connectivity index (χ4v) is 3.56. The van der Waals surface area contributed by atoms with Crippen LogP contribution in [0.1, 0.15) is 110 Å². The van der Waals surface area contributed by atoms with Crippen molar-refractivity contribution in [3.05, 3.63) is 0 Å². The maximum absolute atomic E-state index is 9.64. The lowest BCUT2D eigenvalue weighted by atomic mass is 10.0. The second kappa shape index (κ2) is 18.7. The molecular weight excluding hydrogens is 371 g/mol. The van der Waals surface area contributed by atoms with Gasteiger partial charge in [-0.05, 0) is 12.8 Å². The summed E-state index contributed by atoms with van der Waals surface area (Å²) in [6.07, 6.45) is 21.6. The maximum Gasteiger partial charge on any atom is 0.0547 e. The molecule has 0 saturated heterocycles. The molecule has 0 radical (unpaired) electrons. The molecular formula is C19H39IO. The van der Waals surface area contributed by atoms with Gasteiger partial charge in [0.15, 0.2) is 0 Å². The van der Waals surface area contributed by atoms with Gasteiger partial charge in [-0.1, -0.05) is 119 Å². The van der Waals surface area contributed by atoms with E-state index in [-0.39, 0.29) is 6.10 Å². The smallest absolute Gasteiger partial charge is 0.0547 e. The number of hydrogen-bond donors (Lipinski definition) is 1. The molecule has 0 amide bonds. The zero-order valence-corrected chi connectivity index (χ0v) is 16.6. The van der Waals surface area contributed by atoms with E-state index in [2.05, 4.69) is 29.5 Å². The van der Waals surface area contributed by atoms with Crippen molar-refractivity contribution in [1.29, 1.82) is 0 Å². The van der Waals surface area contributed by atoms with E-state index in [0.29, 0.717) is 0 Å². The fourth-order valence-electron chi connectivity index (χ4n) is 2.84. The SMILES string of the molecule is CCCCCCCCCCCCCCCC[C@H](O)CCI. The molecule has 0 heterocycles. The Balaban J connectivity index is 2.99. The van der Waals surface area contributed by atoms with E-state index in [1.165, 1.54) is 89.9 Å². The number of aliphatic hydroxyl groups excluding tert-OH is 1. The monoisotopic (exact) mass is 410 g/mol. The minimum absolute atomic E-state index is 0.0424. The number of hydrogen-bond acceptors (Lipinski definition) is 1. The van der Waals surface area contributed by atoms with Crippen molar-refractivity contribution >= 4 is 22.6 Å². The van der Waals surface area contributed by atoms with Gasteiger partial charge in [0.05, 0.1) is 6.10 Å². The van der Waals surface area contributed by atoms with Crippen molar-refractivity contribution in [2.24, 2.45) is 0 Å². The lowest BCUT2D eigenvalue weighted by molar-refractivity contribution is 0.158. The fraction of sp³-hybridized carbons (Fsp3) is 1.00. The summed E-state index contributed by atoms with van der Waals surface area (Å²) in [7, 11) is 0. The molecule has 0 aromatic rings. The minimum Gasteiger partial charge on any atom is -0.393 e. The van der Waals surface area contributed by atoms with Crippen LogP contribution in [-0.2, 0) is 0 Å². The standard InChI is InChI=1S/C19H39IO/c1-2-3-4-5-6-7-8-9-10-11-12-13-14-15-16-19(21)17-18-20/h19,21H,2-18H2,1H3/t19-/m0/s1. The van der Waals surface area contributed by atoms with Crippen molar-refractivity contribution in [1.82, 2.24) is 0 Å². The number of alkyl halides is 1. The Kier molecular flexibility index (Phi) is 19.4. The van der Waals surface area contributed by atoms with Crippen LogP contribution in [0.25, 0.3) is 0 Å². The molecule has 0 aliphatic carbocycles. The largest absolute Gasteiger partial charge is 0.393 e. The summed E-state index contributed by atoms with van der Waals surface area (Å²) in [4.78, 5) is 0. The van der Waals surface area contributed by atoms with Crippen LogP contribution in [0.3, 0.4) is 0 Å². The Morgan fingerprint density at radius 3 is 1.38 bits per heavy atom. The zero-order valence-electron chi connectivity index (χ0n) is 14.4. The minimum atomic E-state index is -0.0424. The number of rotatable bonds is 17. The predicted octanol–water partition coefficient (Wildman–Crippen LogP) is 7.04. The van der Waals surface area contributed by atoms with Crippen molar-refractivity contribution in [3.63, 3.8) is 0 Å². The molecule has 0 saturated carbocycles. The van der Waals surface area contributed by atoms with Crippen molar-refractivity contribution in [2.75, 3.05) is 4.43 Å². The van der Waals surface area contributed by atoms with E-state index in [9.17, 15) is 5.11 Å². The van der Waals surface area contributed by atoms with Gasteiger partial charge in [-0.3, -0.25) is 0 Å². The van der Waals surface area contributed by atoms with E-state index in [1.807, 2.05) is 0 Å². The van der Waals surface area contributed by atoms with E-state index < -0.39 is 0 Å². The van der Waals surface area contributed by atoms with Crippen molar-refractivity contribution in [2.45, 2.75) is 116 Å². The van der Waals surface area contributed by atoms with Gasteiger partial charge in [-0.25, -0.2) is 0 Å². The first-order chi connectivity index (χ1) is 10.3. The van der Waals surface area contributed by atoms with Gasteiger partial charge in [0.1, 0.15) is 0 Å². The van der Waals surface area contributed by atoms with Gasteiger partial charge in [0, 0.05) is 4.43 Å². The summed E-state index contributed by atoms with van der Waals surface area (Å²) in [5.74, 6) is 0. The number of aliphatic hydroxyl groups is 1. The quantitative estimate of drug-likeness (QED) is 0.155. The van der Waals surface area contributed by atoms with Crippen LogP contribution in [0, 0.1) is 0 Å². The second-order valence-corrected chi connectivity index (χ2v) is 7.60. The third kappa shape index (κ3) is 18.6. The average molecular weight is 410 g/mol. The van der Waals surface area contributed by atoms with E-state index in [0.717, 1.165) is 17.3 Å². The number of halogens is 1. The molecule has 0 aliphatic rings. The highest BCUT2D eigenvalue weighted by Crippen LogP contribution is 2.14. The van der Waals surface area contributed by atoms with Crippen LogP contribution < -0.4 is 0 Å². The van der Waals surface area contributed by atoms with Crippen LogP contribution in [0.2, 0.25) is 0 Å². The first-order valence-corrected chi connectivity index (χ1v) is 11.1. The molecule has 1 nitrogen and oxygen atoms in total. The summed E-state index contributed by atoms with van der Waals surface area (Å²) in [6.45, 7) is 2.28. The van der Waals surface area contributed by atoms with Gasteiger partial charge >= 0.3 is 0 Å². The van der Waals surface area contributed by atoms with E-state index >= 15 is 0 Å². The predicted molar refractivity (Wildman–Crippen MR) is 104 cm³/mol. The molecule has 128 valence electrons. The average Bonchev–Trinajstić information content (AvgIpc) is 2.48. The topological polar surface area (TPSA) is 20.2 Å². The third-order valence-corrected chi connectivity index (χ3v) is 4.96. The first kappa shape index (κ1) is 21.7. The maximum atomic E-state index is 9.64. The summed E-state index contributed by atoms with van der Waals surface area (Å²) in [5, 5.41) is 9.64. The van der Waals surface area contributed by atoms with Crippen LogP contribution in [0.15, 0.2) is 0 Å². The molecule has 0 spiro atoms. The summed E-state index contributed by atoms with van der Waals surface area (Å²) < 4.78 is 1.08. The molecule has 1 atom stereocenters. The van der Waals surface area contributed by atoms with Gasteiger partial charge in [0.2, 0.25) is 0 Å². The van der Waals surface area contributed by atoms with Gasteiger partial charge in [-0.2, -0.15) is 0 Å². The lowest BCUT2D eigenvalue weighted by Crippen LogP contribution is -2.06. The third-order valence-electron chi connectivity index (χ3n) is 4.33. The van der Waals surface area contributed by atoms with Crippen LogP contribution >= 0.6 is 22.6 Å². The molecule has 0 fully saturated rings. The molecule has 0 aromatic heterocycles. The summed E-state index contributed by atoms with van der Waals surface area (Å²) in [6, 6.07) is 0. The number of unbranched alkanes of at least 4 members (excludes halogenated alkanes) is 13. The Morgan fingerprint density at radius 2 is 1.00 bits per heavy atom. The zero-order chi connectivity index (χ0) is 15.6. The molecule has 0 aromatic carbocycles. The molecule has 2 heteroatoms. The molecule has 0 aliphatic heterocycles. The Labute approximate surface area is 147 Å². The van der Waals surface area contributed by atoms with Gasteiger partial charge in [-0.15, -0.1) is 0 Å². The van der Waals surface area contributed by atoms with Gasteiger partial charge < -0.3 is 5.11 Å². The Morgan fingerprint density at radius 1 is 0.619 bits per heavy atom. The highest BCUT2D eigenvalue weighted by atomic mass is 127. The van der Waals surface area contributed by atoms with Crippen LogP contribution in [-0.4, -0.2) is 15.6 Å². The first-order valence-electron chi connectivity index (χ1n) is 9.55. The lowest BCUT2D eigenvalue weighted by Gasteiger charge is -2.08. The van der Waals surface area contributed by atoms with E-state index in [4.69, 9.17) is 0 Å². The Hall–Kier alpha value is 0.690. The van der Waals surface area contributed by atoms with E-state index in [1.54, 1.807) is 0 Å².